The van der Waals surface area contributed by atoms with Crippen LogP contribution in [0.25, 0.3) is 0 Å². The Morgan fingerprint density at radius 1 is 1.00 bits per heavy atom. The second-order valence-corrected chi connectivity index (χ2v) is 5.74. The van der Waals surface area contributed by atoms with E-state index < -0.39 is 0 Å². The van der Waals surface area contributed by atoms with Crippen molar-refractivity contribution in [3.63, 3.8) is 0 Å². The van der Waals surface area contributed by atoms with E-state index >= 15 is 0 Å². The van der Waals surface area contributed by atoms with Crippen LogP contribution in [0.2, 0.25) is 0 Å². The number of hydrogen-bond acceptors (Lipinski definition) is 3. The van der Waals surface area contributed by atoms with Crippen molar-refractivity contribution in [1.29, 1.82) is 0 Å². The van der Waals surface area contributed by atoms with Crippen LogP contribution in [0.4, 0.5) is 10.5 Å². The number of nitrogens with zero attached hydrogens (tertiary/aromatic N) is 3. The van der Waals surface area contributed by atoms with Gasteiger partial charge in [-0.1, -0.05) is 18.2 Å². The molecule has 5 heteroatoms. The standard InChI is InChI=1S/C16H24N4O/c21-16(17-7-10-18-8-4-9-18)20-13-11-19(12-14-20)15-5-2-1-3-6-15/h1-3,5-6H,4,7-14H2,(H,17,21). The molecule has 0 aliphatic carbocycles. The van der Waals surface area contributed by atoms with Crippen LogP contribution in [0.1, 0.15) is 6.42 Å². The van der Waals surface area contributed by atoms with Crippen molar-refractivity contribution >= 4 is 11.7 Å². The Kier molecular flexibility index (Phi) is 4.60. The maximum Gasteiger partial charge on any atom is 0.317 e. The first kappa shape index (κ1) is 14.2. The fourth-order valence-corrected chi connectivity index (χ4v) is 2.84. The second-order valence-electron chi connectivity index (χ2n) is 5.74. The van der Waals surface area contributed by atoms with Gasteiger partial charge in [0.1, 0.15) is 0 Å². The third-order valence-corrected chi connectivity index (χ3v) is 4.34. The fraction of sp³-hybridized carbons (Fsp3) is 0.562. The largest absolute Gasteiger partial charge is 0.368 e. The van der Waals surface area contributed by atoms with Gasteiger partial charge in [0.15, 0.2) is 0 Å². The minimum atomic E-state index is 0.0863. The van der Waals surface area contributed by atoms with Crippen molar-refractivity contribution < 1.29 is 4.79 Å². The summed E-state index contributed by atoms with van der Waals surface area (Å²) in [7, 11) is 0. The number of carbonyl (C=O) groups excluding carboxylic acids is 1. The summed E-state index contributed by atoms with van der Waals surface area (Å²) in [5.74, 6) is 0. The van der Waals surface area contributed by atoms with Gasteiger partial charge in [-0.15, -0.1) is 0 Å². The smallest absolute Gasteiger partial charge is 0.317 e. The van der Waals surface area contributed by atoms with Crippen LogP contribution in [0, 0.1) is 0 Å². The van der Waals surface area contributed by atoms with Crippen molar-refractivity contribution in [2.75, 3.05) is 57.3 Å². The summed E-state index contributed by atoms with van der Waals surface area (Å²) in [6.45, 7) is 7.52. The predicted octanol–water partition coefficient (Wildman–Crippen LogP) is 1.22. The van der Waals surface area contributed by atoms with Gasteiger partial charge in [-0.25, -0.2) is 4.79 Å². The number of rotatable bonds is 4. The zero-order valence-corrected chi connectivity index (χ0v) is 12.5. The SMILES string of the molecule is O=C(NCCN1CCC1)N1CCN(c2ccccc2)CC1. The number of benzene rings is 1. The second kappa shape index (κ2) is 6.80. The Labute approximate surface area is 126 Å². The molecule has 0 unspecified atom stereocenters. The molecule has 2 saturated heterocycles. The Morgan fingerprint density at radius 2 is 1.71 bits per heavy atom. The van der Waals surface area contributed by atoms with E-state index in [1.54, 1.807) is 0 Å². The molecule has 0 radical (unpaired) electrons. The summed E-state index contributed by atoms with van der Waals surface area (Å²) in [5.41, 5.74) is 1.25. The molecule has 114 valence electrons. The van der Waals surface area contributed by atoms with Crippen LogP contribution in [0.5, 0.6) is 0 Å². The van der Waals surface area contributed by atoms with Gasteiger partial charge >= 0.3 is 6.03 Å². The number of nitrogens with one attached hydrogen (secondary N) is 1. The molecule has 2 aliphatic rings. The van der Waals surface area contributed by atoms with Crippen LogP contribution in [0.3, 0.4) is 0 Å². The highest BCUT2D eigenvalue weighted by atomic mass is 16.2. The molecule has 0 aromatic heterocycles. The first-order chi connectivity index (χ1) is 10.3. The first-order valence-corrected chi connectivity index (χ1v) is 7.88. The van der Waals surface area contributed by atoms with Gasteiger partial charge in [0, 0.05) is 45.0 Å². The van der Waals surface area contributed by atoms with E-state index in [0.29, 0.717) is 0 Å². The number of amides is 2. The summed E-state index contributed by atoms with van der Waals surface area (Å²) < 4.78 is 0. The van der Waals surface area contributed by atoms with Crippen molar-refractivity contribution in [3.05, 3.63) is 30.3 Å². The van der Waals surface area contributed by atoms with Crippen LogP contribution in [-0.2, 0) is 0 Å². The molecule has 1 aromatic rings. The van der Waals surface area contributed by atoms with Gasteiger partial charge in [-0.2, -0.15) is 0 Å². The molecule has 2 fully saturated rings. The highest BCUT2D eigenvalue weighted by molar-refractivity contribution is 5.74. The maximum atomic E-state index is 12.1. The van der Waals surface area contributed by atoms with E-state index in [9.17, 15) is 4.79 Å². The van der Waals surface area contributed by atoms with E-state index in [2.05, 4.69) is 39.4 Å². The summed E-state index contributed by atoms with van der Waals surface area (Å²) >= 11 is 0. The summed E-state index contributed by atoms with van der Waals surface area (Å²) in [4.78, 5) is 18.7. The first-order valence-electron chi connectivity index (χ1n) is 7.88. The van der Waals surface area contributed by atoms with E-state index in [4.69, 9.17) is 0 Å². The summed E-state index contributed by atoms with van der Waals surface area (Å²) in [6, 6.07) is 10.5. The molecule has 0 bridgehead atoms. The number of para-hydroxylation sites is 1. The molecule has 0 spiro atoms. The predicted molar refractivity (Wildman–Crippen MR) is 84.7 cm³/mol. The molecular formula is C16H24N4O. The molecule has 21 heavy (non-hydrogen) atoms. The summed E-state index contributed by atoms with van der Waals surface area (Å²) in [6.07, 6.45) is 1.30. The van der Waals surface area contributed by atoms with Gasteiger partial charge in [-0.05, 0) is 31.6 Å². The van der Waals surface area contributed by atoms with E-state index in [-0.39, 0.29) is 6.03 Å². The van der Waals surface area contributed by atoms with Crippen LogP contribution < -0.4 is 10.2 Å². The Morgan fingerprint density at radius 3 is 2.33 bits per heavy atom. The quantitative estimate of drug-likeness (QED) is 0.905. The zero-order valence-electron chi connectivity index (χ0n) is 12.5. The number of urea groups is 1. The van der Waals surface area contributed by atoms with E-state index in [1.165, 1.54) is 25.2 Å². The summed E-state index contributed by atoms with van der Waals surface area (Å²) in [5, 5.41) is 3.03. The lowest BCUT2D eigenvalue weighted by molar-refractivity contribution is 0.172. The van der Waals surface area contributed by atoms with E-state index in [1.807, 2.05) is 11.0 Å². The van der Waals surface area contributed by atoms with Crippen molar-refractivity contribution in [2.24, 2.45) is 0 Å². The highest BCUT2D eigenvalue weighted by Gasteiger charge is 2.21. The van der Waals surface area contributed by atoms with Crippen molar-refractivity contribution in [2.45, 2.75) is 6.42 Å². The minimum Gasteiger partial charge on any atom is -0.368 e. The monoisotopic (exact) mass is 288 g/mol. The number of hydrogen-bond donors (Lipinski definition) is 1. The van der Waals surface area contributed by atoms with Gasteiger partial charge in [0.25, 0.3) is 0 Å². The Hall–Kier alpha value is -1.75. The van der Waals surface area contributed by atoms with Gasteiger partial charge in [0.05, 0.1) is 0 Å². The third-order valence-electron chi connectivity index (χ3n) is 4.34. The van der Waals surface area contributed by atoms with Crippen molar-refractivity contribution in [3.8, 4) is 0 Å². The fourth-order valence-electron chi connectivity index (χ4n) is 2.84. The lowest BCUT2D eigenvalue weighted by Gasteiger charge is -2.36. The Balaban J connectivity index is 1.39. The van der Waals surface area contributed by atoms with Crippen molar-refractivity contribution in [1.82, 2.24) is 15.1 Å². The van der Waals surface area contributed by atoms with Crippen LogP contribution >= 0.6 is 0 Å². The van der Waals surface area contributed by atoms with E-state index in [0.717, 1.165) is 39.3 Å². The molecule has 1 N–H and O–H groups in total. The molecule has 2 aliphatic heterocycles. The average molecular weight is 288 g/mol. The lowest BCUT2D eigenvalue weighted by Crippen LogP contribution is -2.53. The number of piperazine rings is 1. The molecule has 0 atom stereocenters. The van der Waals surface area contributed by atoms with Gasteiger partial charge in [0.2, 0.25) is 0 Å². The number of likely N-dealkylation sites (tertiary alicyclic amines) is 1. The maximum absolute atomic E-state index is 12.1. The zero-order chi connectivity index (χ0) is 14.5. The normalized spacial score (nSPS) is 19.2. The van der Waals surface area contributed by atoms with Crippen LogP contribution in [-0.4, -0.2) is 68.2 Å². The minimum absolute atomic E-state index is 0.0863. The third kappa shape index (κ3) is 3.67. The molecule has 1 aromatic carbocycles. The molecule has 0 saturated carbocycles. The van der Waals surface area contributed by atoms with Crippen LogP contribution in [0.15, 0.2) is 30.3 Å². The van der Waals surface area contributed by atoms with Gasteiger partial charge < -0.3 is 20.0 Å². The van der Waals surface area contributed by atoms with Gasteiger partial charge in [-0.3, -0.25) is 0 Å². The number of anilines is 1. The topological polar surface area (TPSA) is 38.8 Å². The number of carbonyl (C=O) groups is 1. The molecule has 2 amide bonds. The molecule has 2 heterocycles. The average Bonchev–Trinajstić information content (AvgIpc) is 2.50. The molecule has 3 rings (SSSR count). The Bertz CT molecular complexity index is 453. The molecule has 5 nitrogen and oxygen atoms in total. The highest BCUT2D eigenvalue weighted by Crippen LogP contribution is 2.15. The molecular weight excluding hydrogens is 264 g/mol. The lowest BCUT2D eigenvalue weighted by atomic mass is 10.2.